The first-order chi connectivity index (χ1) is 9.51. The molecule has 7 heteroatoms. The summed E-state index contributed by atoms with van der Waals surface area (Å²) in [4.78, 5) is 20.8. The predicted molar refractivity (Wildman–Crippen MR) is 85.6 cm³/mol. The van der Waals surface area contributed by atoms with Gasteiger partial charge in [0.25, 0.3) is 5.91 Å². The molecule has 0 aliphatic carbocycles. The van der Waals surface area contributed by atoms with Crippen molar-refractivity contribution in [1.82, 2.24) is 9.97 Å². The summed E-state index contributed by atoms with van der Waals surface area (Å²) in [6, 6.07) is 1.73. The summed E-state index contributed by atoms with van der Waals surface area (Å²) in [5.74, 6) is 0.649. The molecule has 0 fully saturated rings. The van der Waals surface area contributed by atoms with Gasteiger partial charge in [0.1, 0.15) is 5.82 Å². The van der Waals surface area contributed by atoms with Crippen LogP contribution in [0.4, 0.5) is 10.9 Å². The first-order valence-electron chi connectivity index (χ1n) is 6.11. The molecule has 0 saturated heterocycles. The Morgan fingerprint density at radius 3 is 2.80 bits per heavy atom. The maximum Gasteiger partial charge on any atom is 0.261 e. The average molecular weight is 355 g/mol. The minimum absolute atomic E-state index is 0.229. The summed E-state index contributed by atoms with van der Waals surface area (Å²) < 4.78 is 0.753. The van der Waals surface area contributed by atoms with Crippen LogP contribution in [0, 0.1) is 0 Å². The zero-order valence-corrected chi connectivity index (χ0v) is 13.8. The van der Waals surface area contributed by atoms with Crippen LogP contribution >= 0.6 is 27.3 Å². The van der Waals surface area contributed by atoms with E-state index in [0.717, 1.165) is 10.2 Å². The van der Waals surface area contributed by atoms with E-state index < -0.39 is 0 Å². The molecule has 20 heavy (non-hydrogen) atoms. The van der Waals surface area contributed by atoms with Crippen molar-refractivity contribution in [1.29, 1.82) is 0 Å². The third kappa shape index (κ3) is 3.34. The van der Waals surface area contributed by atoms with Gasteiger partial charge in [-0.1, -0.05) is 13.8 Å². The van der Waals surface area contributed by atoms with Crippen molar-refractivity contribution in [2.45, 2.75) is 19.8 Å². The summed E-state index contributed by atoms with van der Waals surface area (Å²) in [5, 5.41) is 8.26. The molecule has 1 amide bonds. The van der Waals surface area contributed by atoms with Gasteiger partial charge in [0.15, 0.2) is 5.13 Å². The van der Waals surface area contributed by atoms with Crippen LogP contribution in [0.15, 0.2) is 22.1 Å². The van der Waals surface area contributed by atoms with Crippen LogP contribution < -0.4 is 10.6 Å². The van der Waals surface area contributed by atoms with Gasteiger partial charge in [-0.15, -0.1) is 11.3 Å². The number of thiazole rings is 1. The van der Waals surface area contributed by atoms with Gasteiger partial charge in [-0.05, 0) is 27.9 Å². The Kier molecular flexibility index (Phi) is 4.72. The number of amides is 1. The Hall–Kier alpha value is -1.47. The van der Waals surface area contributed by atoms with Crippen LogP contribution in [-0.4, -0.2) is 22.9 Å². The molecule has 0 aliphatic heterocycles. The van der Waals surface area contributed by atoms with E-state index in [0.29, 0.717) is 22.4 Å². The molecular formula is C13H15BrN4OS. The third-order valence-electron chi connectivity index (χ3n) is 2.67. The topological polar surface area (TPSA) is 66.9 Å². The number of halogens is 1. The van der Waals surface area contributed by atoms with Crippen LogP contribution in [0.3, 0.4) is 0 Å². The molecule has 5 nitrogen and oxygen atoms in total. The molecular weight excluding hydrogens is 340 g/mol. The minimum Gasteiger partial charge on any atom is -0.372 e. The van der Waals surface area contributed by atoms with Crippen LogP contribution in [0.2, 0.25) is 0 Å². The molecule has 2 aromatic heterocycles. The normalized spacial score (nSPS) is 10.7. The fourth-order valence-electron chi connectivity index (χ4n) is 1.58. The number of pyridine rings is 1. The molecule has 0 unspecified atom stereocenters. The lowest BCUT2D eigenvalue weighted by Gasteiger charge is -2.07. The number of anilines is 2. The summed E-state index contributed by atoms with van der Waals surface area (Å²) in [6.07, 6.45) is 1.64. The van der Waals surface area contributed by atoms with Gasteiger partial charge >= 0.3 is 0 Å². The van der Waals surface area contributed by atoms with E-state index in [1.54, 1.807) is 19.3 Å². The van der Waals surface area contributed by atoms with Gasteiger partial charge in [0, 0.05) is 23.1 Å². The molecule has 0 spiro atoms. The second-order valence-electron chi connectivity index (χ2n) is 4.49. The third-order valence-corrected chi connectivity index (χ3v) is 3.88. The van der Waals surface area contributed by atoms with Crippen molar-refractivity contribution in [2.75, 3.05) is 17.7 Å². The van der Waals surface area contributed by atoms with Crippen molar-refractivity contribution in [3.8, 4) is 0 Å². The molecule has 2 heterocycles. The van der Waals surface area contributed by atoms with Crippen LogP contribution in [0.25, 0.3) is 0 Å². The highest BCUT2D eigenvalue weighted by molar-refractivity contribution is 9.10. The number of hydrogen-bond donors (Lipinski definition) is 2. The number of carbonyl (C=O) groups is 1. The highest BCUT2D eigenvalue weighted by Crippen LogP contribution is 2.23. The van der Waals surface area contributed by atoms with E-state index in [1.165, 1.54) is 11.3 Å². The van der Waals surface area contributed by atoms with Gasteiger partial charge < -0.3 is 5.32 Å². The monoisotopic (exact) mass is 354 g/mol. The molecule has 2 aromatic rings. The number of rotatable bonds is 4. The quantitative estimate of drug-likeness (QED) is 0.877. The Balaban J connectivity index is 2.21. The van der Waals surface area contributed by atoms with E-state index in [9.17, 15) is 4.79 Å². The standard InChI is InChI=1S/C13H15BrN4OS/c1-7(2)10-6-20-13(17-10)18-12(19)9-4-8(14)5-16-11(9)15-3/h4-7H,1-3H3,(H,15,16)(H,17,18,19). The first-order valence-corrected chi connectivity index (χ1v) is 7.78. The lowest BCUT2D eigenvalue weighted by molar-refractivity contribution is 0.102. The maximum absolute atomic E-state index is 12.3. The highest BCUT2D eigenvalue weighted by Gasteiger charge is 2.15. The largest absolute Gasteiger partial charge is 0.372 e. The number of carbonyl (C=O) groups excluding carboxylic acids is 1. The summed E-state index contributed by atoms with van der Waals surface area (Å²) in [7, 11) is 1.73. The minimum atomic E-state index is -0.229. The molecule has 0 bridgehead atoms. The molecule has 106 valence electrons. The molecule has 0 atom stereocenters. The predicted octanol–water partition coefficient (Wildman–Crippen LogP) is 3.72. The lowest BCUT2D eigenvalue weighted by atomic mass is 10.2. The van der Waals surface area contributed by atoms with Gasteiger partial charge in [-0.3, -0.25) is 10.1 Å². The highest BCUT2D eigenvalue weighted by atomic mass is 79.9. The Labute approximate surface area is 130 Å². The fourth-order valence-corrected chi connectivity index (χ4v) is 2.78. The van der Waals surface area contributed by atoms with Crippen LogP contribution in [0.5, 0.6) is 0 Å². The SMILES string of the molecule is CNc1ncc(Br)cc1C(=O)Nc1nc(C(C)C)cs1. The summed E-state index contributed by atoms with van der Waals surface area (Å²) in [5.41, 5.74) is 1.45. The summed E-state index contributed by atoms with van der Waals surface area (Å²) >= 11 is 4.74. The maximum atomic E-state index is 12.3. The van der Waals surface area contributed by atoms with Crippen molar-refractivity contribution in [3.05, 3.63) is 33.4 Å². The lowest BCUT2D eigenvalue weighted by Crippen LogP contribution is -2.14. The first kappa shape index (κ1) is 14.9. The van der Waals surface area contributed by atoms with Crippen LogP contribution in [-0.2, 0) is 0 Å². The van der Waals surface area contributed by atoms with Crippen molar-refractivity contribution >= 4 is 44.1 Å². The van der Waals surface area contributed by atoms with E-state index >= 15 is 0 Å². The number of nitrogens with one attached hydrogen (secondary N) is 2. The van der Waals surface area contributed by atoms with Gasteiger partial charge in [-0.2, -0.15) is 0 Å². The number of hydrogen-bond acceptors (Lipinski definition) is 5. The second kappa shape index (κ2) is 6.32. The zero-order valence-electron chi connectivity index (χ0n) is 11.4. The molecule has 0 radical (unpaired) electrons. The van der Waals surface area contributed by atoms with Crippen molar-refractivity contribution < 1.29 is 4.79 Å². The number of nitrogens with zero attached hydrogens (tertiary/aromatic N) is 2. The number of aromatic nitrogens is 2. The Morgan fingerprint density at radius 1 is 1.45 bits per heavy atom. The Bertz CT molecular complexity index is 627. The second-order valence-corrected chi connectivity index (χ2v) is 6.26. The smallest absolute Gasteiger partial charge is 0.261 e. The molecule has 0 saturated carbocycles. The molecule has 2 N–H and O–H groups in total. The van der Waals surface area contributed by atoms with E-state index in [2.05, 4.69) is 50.4 Å². The molecule has 0 aromatic carbocycles. The zero-order chi connectivity index (χ0) is 14.7. The van der Waals surface area contributed by atoms with Crippen molar-refractivity contribution in [3.63, 3.8) is 0 Å². The van der Waals surface area contributed by atoms with Crippen molar-refractivity contribution in [2.24, 2.45) is 0 Å². The summed E-state index contributed by atoms with van der Waals surface area (Å²) in [6.45, 7) is 4.13. The molecule has 0 aliphatic rings. The fraction of sp³-hybridized carbons (Fsp3) is 0.308. The van der Waals surface area contributed by atoms with Gasteiger partial charge in [-0.25, -0.2) is 9.97 Å². The van der Waals surface area contributed by atoms with E-state index in [1.807, 2.05) is 5.38 Å². The van der Waals surface area contributed by atoms with Gasteiger partial charge in [0.2, 0.25) is 0 Å². The van der Waals surface area contributed by atoms with Gasteiger partial charge in [0.05, 0.1) is 11.3 Å². The Morgan fingerprint density at radius 2 is 2.20 bits per heavy atom. The molecule has 2 rings (SSSR count). The van der Waals surface area contributed by atoms with E-state index in [-0.39, 0.29) is 5.91 Å². The van der Waals surface area contributed by atoms with E-state index in [4.69, 9.17) is 0 Å². The average Bonchev–Trinajstić information content (AvgIpc) is 2.87. The van der Waals surface area contributed by atoms with Crippen LogP contribution in [0.1, 0.15) is 35.8 Å².